The topological polar surface area (TPSA) is 15.3 Å². The van der Waals surface area contributed by atoms with Gasteiger partial charge in [0.25, 0.3) is 0 Å². The van der Waals surface area contributed by atoms with Crippen LogP contribution in [0.2, 0.25) is 0 Å². The Balaban J connectivity index is 1.82. The van der Waals surface area contributed by atoms with E-state index in [-0.39, 0.29) is 0 Å². The van der Waals surface area contributed by atoms with Gasteiger partial charge in [-0.3, -0.25) is 0 Å². The summed E-state index contributed by atoms with van der Waals surface area (Å²) in [4.78, 5) is 2.36. The zero-order valence-electron chi connectivity index (χ0n) is 10.4. The first-order valence-electron chi connectivity index (χ1n) is 6.24. The summed E-state index contributed by atoms with van der Waals surface area (Å²) in [6, 6.07) is 8.79. The van der Waals surface area contributed by atoms with Crippen LogP contribution in [0.5, 0.6) is 0 Å². The standard InChI is InChI=1S/C14H22N2/c1-12-3-5-14(6-4-12)16(2)10-8-13-7-9-15-11-13/h3-6,13,15H,7-11H2,1-2H3. The number of nitrogens with zero attached hydrogens (tertiary/aromatic N) is 1. The fourth-order valence-corrected chi connectivity index (χ4v) is 2.27. The molecule has 0 aliphatic carbocycles. The maximum atomic E-state index is 3.42. The summed E-state index contributed by atoms with van der Waals surface area (Å²) < 4.78 is 0. The van der Waals surface area contributed by atoms with Crippen molar-refractivity contribution in [3.63, 3.8) is 0 Å². The maximum Gasteiger partial charge on any atom is 0.0363 e. The third kappa shape index (κ3) is 2.99. The fraction of sp³-hybridized carbons (Fsp3) is 0.571. The Morgan fingerprint density at radius 3 is 2.69 bits per heavy atom. The second-order valence-corrected chi connectivity index (χ2v) is 4.90. The van der Waals surface area contributed by atoms with E-state index in [0.29, 0.717) is 0 Å². The van der Waals surface area contributed by atoms with Gasteiger partial charge < -0.3 is 10.2 Å². The van der Waals surface area contributed by atoms with Crippen LogP contribution in [0.1, 0.15) is 18.4 Å². The lowest BCUT2D eigenvalue weighted by molar-refractivity contribution is 0.533. The predicted octanol–water partition coefficient (Wildman–Crippen LogP) is 2.43. The summed E-state index contributed by atoms with van der Waals surface area (Å²) in [5.41, 5.74) is 2.66. The van der Waals surface area contributed by atoms with E-state index in [4.69, 9.17) is 0 Å². The third-order valence-electron chi connectivity index (χ3n) is 3.51. The van der Waals surface area contributed by atoms with Gasteiger partial charge in [-0.15, -0.1) is 0 Å². The first-order valence-corrected chi connectivity index (χ1v) is 6.24. The number of anilines is 1. The second kappa shape index (κ2) is 5.35. The van der Waals surface area contributed by atoms with Gasteiger partial charge in [-0.25, -0.2) is 0 Å². The molecule has 0 spiro atoms. The number of hydrogen-bond acceptors (Lipinski definition) is 2. The van der Waals surface area contributed by atoms with Crippen molar-refractivity contribution in [3.8, 4) is 0 Å². The summed E-state index contributed by atoms with van der Waals surface area (Å²) in [6.07, 6.45) is 2.65. The van der Waals surface area contributed by atoms with E-state index in [1.807, 2.05) is 0 Å². The van der Waals surface area contributed by atoms with Gasteiger partial charge in [0.2, 0.25) is 0 Å². The Labute approximate surface area is 98.7 Å². The largest absolute Gasteiger partial charge is 0.375 e. The third-order valence-corrected chi connectivity index (χ3v) is 3.51. The van der Waals surface area contributed by atoms with Crippen molar-refractivity contribution in [3.05, 3.63) is 29.8 Å². The highest BCUT2D eigenvalue weighted by Crippen LogP contribution is 2.17. The van der Waals surface area contributed by atoms with E-state index in [1.165, 1.54) is 37.2 Å². The van der Waals surface area contributed by atoms with Crippen LogP contribution >= 0.6 is 0 Å². The molecule has 1 aromatic rings. The Morgan fingerprint density at radius 2 is 2.06 bits per heavy atom. The molecule has 2 rings (SSSR count). The molecule has 1 N–H and O–H groups in total. The van der Waals surface area contributed by atoms with Gasteiger partial charge in [0.1, 0.15) is 0 Å². The maximum absolute atomic E-state index is 3.42. The van der Waals surface area contributed by atoms with Gasteiger partial charge in [-0.2, -0.15) is 0 Å². The van der Waals surface area contributed by atoms with Crippen molar-refractivity contribution < 1.29 is 0 Å². The highest BCUT2D eigenvalue weighted by atomic mass is 15.1. The number of nitrogens with one attached hydrogen (secondary N) is 1. The molecule has 1 unspecified atom stereocenters. The van der Waals surface area contributed by atoms with Crippen molar-refractivity contribution >= 4 is 5.69 Å². The van der Waals surface area contributed by atoms with E-state index in [2.05, 4.69) is 48.5 Å². The number of hydrogen-bond donors (Lipinski definition) is 1. The summed E-state index contributed by atoms with van der Waals surface area (Å²) >= 11 is 0. The van der Waals surface area contributed by atoms with Gasteiger partial charge in [-0.05, 0) is 50.9 Å². The lowest BCUT2D eigenvalue weighted by Crippen LogP contribution is -2.21. The minimum atomic E-state index is 0.882. The van der Waals surface area contributed by atoms with E-state index in [9.17, 15) is 0 Å². The van der Waals surface area contributed by atoms with Crippen LogP contribution in [0.15, 0.2) is 24.3 Å². The van der Waals surface area contributed by atoms with Gasteiger partial charge in [0.05, 0.1) is 0 Å². The number of benzene rings is 1. The zero-order valence-corrected chi connectivity index (χ0v) is 10.4. The normalized spacial score (nSPS) is 20.0. The summed E-state index contributed by atoms with van der Waals surface area (Å²) in [5, 5.41) is 3.42. The second-order valence-electron chi connectivity index (χ2n) is 4.90. The lowest BCUT2D eigenvalue weighted by Gasteiger charge is -2.21. The van der Waals surface area contributed by atoms with Crippen LogP contribution in [-0.2, 0) is 0 Å². The number of aryl methyl sites for hydroxylation is 1. The lowest BCUT2D eigenvalue weighted by atomic mass is 10.0. The molecular weight excluding hydrogens is 196 g/mol. The highest BCUT2D eigenvalue weighted by molar-refractivity contribution is 5.46. The van der Waals surface area contributed by atoms with Gasteiger partial charge >= 0.3 is 0 Å². The summed E-state index contributed by atoms with van der Waals surface area (Å²) in [5.74, 6) is 0.882. The molecular formula is C14H22N2. The molecule has 2 nitrogen and oxygen atoms in total. The first kappa shape index (κ1) is 11.5. The van der Waals surface area contributed by atoms with Crippen molar-refractivity contribution in [2.45, 2.75) is 19.8 Å². The zero-order chi connectivity index (χ0) is 11.4. The monoisotopic (exact) mass is 218 g/mol. The molecule has 1 aliphatic heterocycles. The average Bonchev–Trinajstić information content (AvgIpc) is 2.80. The molecule has 1 aliphatic rings. The van der Waals surface area contributed by atoms with E-state index >= 15 is 0 Å². The quantitative estimate of drug-likeness (QED) is 0.835. The van der Waals surface area contributed by atoms with Gasteiger partial charge in [0.15, 0.2) is 0 Å². The Morgan fingerprint density at radius 1 is 1.31 bits per heavy atom. The van der Waals surface area contributed by atoms with Gasteiger partial charge in [0, 0.05) is 19.3 Å². The molecule has 1 heterocycles. The summed E-state index contributed by atoms with van der Waals surface area (Å²) in [7, 11) is 2.19. The van der Waals surface area contributed by atoms with E-state index in [1.54, 1.807) is 0 Å². The van der Waals surface area contributed by atoms with Crippen molar-refractivity contribution in [1.82, 2.24) is 5.32 Å². The van der Waals surface area contributed by atoms with Crippen molar-refractivity contribution in [1.29, 1.82) is 0 Å². The molecule has 1 aromatic carbocycles. The Bertz CT molecular complexity index is 312. The minimum Gasteiger partial charge on any atom is -0.375 e. The van der Waals surface area contributed by atoms with E-state index in [0.717, 1.165) is 12.5 Å². The van der Waals surface area contributed by atoms with Crippen LogP contribution in [0.3, 0.4) is 0 Å². The van der Waals surface area contributed by atoms with Crippen LogP contribution in [-0.4, -0.2) is 26.7 Å². The van der Waals surface area contributed by atoms with Crippen LogP contribution in [0, 0.1) is 12.8 Å². The molecule has 1 fully saturated rings. The molecule has 0 saturated carbocycles. The molecule has 1 atom stereocenters. The molecule has 0 radical (unpaired) electrons. The van der Waals surface area contributed by atoms with Crippen molar-refractivity contribution in [2.75, 3.05) is 31.6 Å². The first-order chi connectivity index (χ1) is 7.75. The Hall–Kier alpha value is -1.02. The highest BCUT2D eigenvalue weighted by Gasteiger charge is 2.14. The predicted molar refractivity (Wildman–Crippen MR) is 70.0 cm³/mol. The molecule has 0 bridgehead atoms. The molecule has 2 heteroatoms. The molecule has 0 amide bonds. The van der Waals surface area contributed by atoms with Crippen LogP contribution < -0.4 is 10.2 Å². The van der Waals surface area contributed by atoms with Crippen LogP contribution in [0.4, 0.5) is 5.69 Å². The van der Waals surface area contributed by atoms with Gasteiger partial charge in [-0.1, -0.05) is 17.7 Å². The molecule has 1 saturated heterocycles. The van der Waals surface area contributed by atoms with Crippen LogP contribution in [0.25, 0.3) is 0 Å². The summed E-state index contributed by atoms with van der Waals surface area (Å²) in [6.45, 7) is 5.71. The fourth-order valence-electron chi connectivity index (χ4n) is 2.27. The molecule has 16 heavy (non-hydrogen) atoms. The molecule has 0 aromatic heterocycles. The van der Waals surface area contributed by atoms with E-state index < -0.39 is 0 Å². The molecule has 88 valence electrons. The SMILES string of the molecule is Cc1ccc(N(C)CCC2CCNC2)cc1. The minimum absolute atomic E-state index is 0.882. The smallest absolute Gasteiger partial charge is 0.0363 e. The Kier molecular flexibility index (Phi) is 3.83. The van der Waals surface area contributed by atoms with Crippen molar-refractivity contribution in [2.24, 2.45) is 5.92 Å². The number of rotatable bonds is 4. The average molecular weight is 218 g/mol.